The van der Waals surface area contributed by atoms with Crippen LogP contribution >= 0.6 is 11.8 Å². The van der Waals surface area contributed by atoms with E-state index >= 15 is 0 Å². The number of nitrogens with one attached hydrogen (secondary N) is 2. The van der Waals surface area contributed by atoms with Crippen LogP contribution in [0.3, 0.4) is 0 Å². The first-order chi connectivity index (χ1) is 9.56. The van der Waals surface area contributed by atoms with Crippen molar-refractivity contribution in [2.24, 2.45) is 0 Å². The van der Waals surface area contributed by atoms with Gasteiger partial charge in [0.15, 0.2) is 0 Å². The molecule has 1 aromatic carbocycles. The van der Waals surface area contributed by atoms with Crippen molar-refractivity contribution in [3.8, 4) is 12.3 Å². The Morgan fingerprint density at radius 2 is 2.25 bits per heavy atom. The van der Waals surface area contributed by atoms with Crippen LogP contribution in [0, 0.1) is 12.3 Å². The molecule has 1 aromatic rings. The van der Waals surface area contributed by atoms with Gasteiger partial charge < -0.3 is 15.7 Å². The highest BCUT2D eigenvalue weighted by atomic mass is 32.2. The third kappa shape index (κ3) is 5.24. The molecule has 0 radical (unpaired) electrons. The van der Waals surface area contributed by atoms with E-state index in [0.29, 0.717) is 23.4 Å². The molecule has 6 heteroatoms. The lowest BCUT2D eigenvalue weighted by Gasteiger charge is -2.14. The second-order valence-corrected chi connectivity index (χ2v) is 4.98. The molecule has 2 amide bonds. The van der Waals surface area contributed by atoms with E-state index in [-0.39, 0.29) is 0 Å². The Bertz CT molecular complexity index is 525. The molecule has 3 N–H and O–H groups in total. The number of anilines is 1. The molecule has 0 aromatic heterocycles. The number of terminal acetylenes is 1. The van der Waals surface area contributed by atoms with Crippen molar-refractivity contribution in [1.29, 1.82) is 0 Å². The van der Waals surface area contributed by atoms with Crippen molar-refractivity contribution in [3.05, 3.63) is 29.8 Å². The molecule has 106 valence electrons. The number of carboxylic acid groups (broad SMARTS) is 1. The van der Waals surface area contributed by atoms with Gasteiger partial charge in [-0.25, -0.2) is 9.59 Å². The topological polar surface area (TPSA) is 78.4 Å². The maximum absolute atomic E-state index is 11.7. The molecule has 1 rings (SSSR count). The van der Waals surface area contributed by atoms with Crippen LogP contribution in [-0.2, 0) is 4.79 Å². The molecule has 0 saturated heterocycles. The first-order valence-corrected chi connectivity index (χ1v) is 7.32. The molecule has 20 heavy (non-hydrogen) atoms. The van der Waals surface area contributed by atoms with Crippen molar-refractivity contribution < 1.29 is 14.7 Å². The normalized spacial score (nSPS) is 11.2. The molecule has 1 atom stereocenters. The number of benzene rings is 1. The number of carbonyl (C=O) groups excluding carboxylic acids is 1. The fourth-order valence-corrected chi connectivity index (χ4v) is 1.98. The molecule has 0 bridgehead atoms. The lowest BCUT2D eigenvalue weighted by molar-refractivity contribution is -0.139. The summed E-state index contributed by atoms with van der Waals surface area (Å²) in [6.07, 6.45) is 7.52. The van der Waals surface area contributed by atoms with Crippen LogP contribution in [0.25, 0.3) is 0 Å². The SMILES string of the molecule is C#Cc1cccc(NC(=O)N[C@@H](CCSC)C(=O)O)c1. The third-order valence-electron chi connectivity index (χ3n) is 2.50. The number of urea groups is 1. The molecular weight excluding hydrogens is 276 g/mol. The quantitative estimate of drug-likeness (QED) is 0.701. The monoisotopic (exact) mass is 292 g/mol. The summed E-state index contributed by atoms with van der Waals surface area (Å²) in [5, 5.41) is 14.0. The van der Waals surface area contributed by atoms with Gasteiger partial charge in [0.1, 0.15) is 6.04 Å². The largest absolute Gasteiger partial charge is 0.480 e. The van der Waals surface area contributed by atoms with Gasteiger partial charge in [-0.2, -0.15) is 11.8 Å². The summed E-state index contributed by atoms with van der Waals surface area (Å²) in [5.74, 6) is 2.07. The molecule has 0 fully saturated rings. The highest BCUT2D eigenvalue weighted by molar-refractivity contribution is 7.98. The average Bonchev–Trinajstić information content (AvgIpc) is 2.43. The minimum absolute atomic E-state index is 0.369. The Morgan fingerprint density at radius 1 is 1.50 bits per heavy atom. The van der Waals surface area contributed by atoms with E-state index in [1.165, 1.54) is 11.8 Å². The van der Waals surface area contributed by atoms with Gasteiger partial charge in [-0.3, -0.25) is 0 Å². The maximum atomic E-state index is 11.7. The summed E-state index contributed by atoms with van der Waals surface area (Å²) in [6.45, 7) is 0. The van der Waals surface area contributed by atoms with E-state index < -0.39 is 18.0 Å². The number of hydrogen-bond donors (Lipinski definition) is 3. The minimum Gasteiger partial charge on any atom is -0.480 e. The third-order valence-corrected chi connectivity index (χ3v) is 3.15. The summed E-state index contributed by atoms with van der Waals surface area (Å²) in [7, 11) is 0. The van der Waals surface area contributed by atoms with Crippen molar-refractivity contribution in [2.45, 2.75) is 12.5 Å². The zero-order valence-corrected chi connectivity index (χ0v) is 11.9. The van der Waals surface area contributed by atoms with E-state index in [4.69, 9.17) is 11.5 Å². The van der Waals surface area contributed by atoms with Crippen LogP contribution in [0.15, 0.2) is 24.3 Å². The molecule has 0 unspecified atom stereocenters. The smallest absolute Gasteiger partial charge is 0.326 e. The van der Waals surface area contributed by atoms with Crippen molar-refractivity contribution in [2.75, 3.05) is 17.3 Å². The summed E-state index contributed by atoms with van der Waals surface area (Å²) < 4.78 is 0. The van der Waals surface area contributed by atoms with Gasteiger partial charge in [-0.05, 0) is 36.6 Å². The predicted molar refractivity (Wildman–Crippen MR) is 81.0 cm³/mol. The van der Waals surface area contributed by atoms with Gasteiger partial charge in [0, 0.05) is 11.3 Å². The Kier molecular flexibility index (Phi) is 6.47. The number of aliphatic carboxylic acids is 1. The van der Waals surface area contributed by atoms with Crippen LogP contribution in [0.4, 0.5) is 10.5 Å². The van der Waals surface area contributed by atoms with Crippen LogP contribution in [0.1, 0.15) is 12.0 Å². The number of carbonyl (C=O) groups is 2. The van der Waals surface area contributed by atoms with E-state index in [9.17, 15) is 9.59 Å². The molecule has 5 nitrogen and oxygen atoms in total. The first kappa shape index (κ1) is 15.9. The molecular formula is C14H16N2O3S. The lowest BCUT2D eigenvalue weighted by atomic mass is 10.2. The first-order valence-electron chi connectivity index (χ1n) is 5.92. The molecule has 0 aliphatic rings. The number of amides is 2. The second kappa shape index (κ2) is 8.12. The predicted octanol–water partition coefficient (Wildman–Crippen LogP) is 2.00. The number of hydrogen-bond acceptors (Lipinski definition) is 3. The zero-order chi connectivity index (χ0) is 15.0. The standard InChI is InChI=1S/C14H16N2O3S/c1-3-10-5-4-6-11(9-10)15-14(19)16-12(13(17)18)7-8-20-2/h1,4-6,9,12H,7-8H2,2H3,(H,17,18)(H2,15,16,19)/t12-/m0/s1. The molecule has 0 aliphatic carbocycles. The van der Waals surface area contributed by atoms with Crippen LogP contribution in [0.2, 0.25) is 0 Å². The van der Waals surface area contributed by atoms with Gasteiger partial charge in [0.05, 0.1) is 0 Å². The van der Waals surface area contributed by atoms with Gasteiger partial charge in [-0.15, -0.1) is 6.42 Å². The Balaban J connectivity index is 2.61. The molecule has 0 heterocycles. The van der Waals surface area contributed by atoms with Crippen molar-refractivity contribution >= 4 is 29.4 Å². The summed E-state index contributed by atoms with van der Waals surface area (Å²) in [5.41, 5.74) is 1.16. The highest BCUT2D eigenvalue weighted by Gasteiger charge is 2.19. The van der Waals surface area contributed by atoms with Crippen LogP contribution in [0.5, 0.6) is 0 Å². The second-order valence-electron chi connectivity index (χ2n) is 4.00. The zero-order valence-electron chi connectivity index (χ0n) is 11.1. The lowest BCUT2D eigenvalue weighted by Crippen LogP contribution is -2.43. The Morgan fingerprint density at radius 3 is 2.85 bits per heavy atom. The Labute approximate surface area is 122 Å². The summed E-state index contributed by atoms with van der Waals surface area (Å²) >= 11 is 1.53. The van der Waals surface area contributed by atoms with E-state index in [1.807, 2.05) is 6.26 Å². The fourth-order valence-electron chi connectivity index (χ4n) is 1.51. The Hall–Kier alpha value is -2.13. The number of thioether (sulfide) groups is 1. The molecule has 0 spiro atoms. The van der Waals surface area contributed by atoms with Crippen molar-refractivity contribution in [1.82, 2.24) is 5.32 Å². The van der Waals surface area contributed by atoms with Crippen molar-refractivity contribution in [3.63, 3.8) is 0 Å². The minimum atomic E-state index is -1.05. The van der Waals surface area contributed by atoms with Gasteiger partial charge in [-0.1, -0.05) is 12.0 Å². The van der Waals surface area contributed by atoms with Gasteiger partial charge in [0.25, 0.3) is 0 Å². The van der Waals surface area contributed by atoms with Gasteiger partial charge >= 0.3 is 12.0 Å². The molecule has 0 saturated carbocycles. The highest BCUT2D eigenvalue weighted by Crippen LogP contribution is 2.09. The van der Waals surface area contributed by atoms with Crippen LogP contribution < -0.4 is 10.6 Å². The van der Waals surface area contributed by atoms with E-state index in [1.54, 1.807) is 24.3 Å². The van der Waals surface area contributed by atoms with E-state index in [0.717, 1.165) is 0 Å². The summed E-state index contributed by atoms with van der Waals surface area (Å²) in [6, 6.07) is 5.30. The van der Waals surface area contributed by atoms with Gasteiger partial charge in [0.2, 0.25) is 0 Å². The summed E-state index contributed by atoms with van der Waals surface area (Å²) in [4.78, 5) is 22.8. The fraction of sp³-hybridized carbons (Fsp3) is 0.286. The maximum Gasteiger partial charge on any atom is 0.326 e. The van der Waals surface area contributed by atoms with E-state index in [2.05, 4.69) is 16.6 Å². The average molecular weight is 292 g/mol. The number of rotatable bonds is 6. The van der Waals surface area contributed by atoms with Crippen LogP contribution in [-0.4, -0.2) is 35.2 Å². The number of carboxylic acids is 1. The molecule has 0 aliphatic heterocycles.